The van der Waals surface area contributed by atoms with E-state index in [2.05, 4.69) is 15.1 Å². The molecule has 104 valence electrons. The van der Waals surface area contributed by atoms with Gasteiger partial charge in [0, 0.05) is 38.3 Å². The van der Waals surface area contributed by atoms with Gasteiger partial charge in [0.1, 0.15) is 0 Å². The molecule has 2 unspecified atom stereocenters. The largest absolute Gasteiger partial charge is 0.390 e. The number of nitrogens with zero attached hydrogens (tertiary/aromatic N) is 2. The number of aliphatic hydroxyl groups excluding tert-OH is 1. The number of hydrogen-bond acceptors (Lipinski definition) is 4. The Balaban J connectivity index is 1.48. The summed E-state index contributed by atoms with van der Waals surface area (Å²) in [7, 11) is 0. The maximum Gasteiger partial charge on any atom is 0.0831 e. The molecule has 0 aliphatic carbocycles. The van der Waals surface area contributed by atoms with Crippen LogP contribution in [0.5, 0.6) is 0 Å². The van der Waals surface area contributed by atoms with Crippen LogP contribution in [-0.4, -0.2) is 72.4 Å². The molecule has 3 heterocycles. The number of aliphatic hydroxyl groups is 1. The maximum absolute atomic E-state index is 9.94. The van der Waals surface area contributed by atoms with Gasteiger partial charge in [0.05, 0.1) is 6.10 Å². The van der Waals surface area contributed by atoms with Crippen molar-refractivity contribution in [2.75, 3.05) is 39.3 Å². The first-order valence-corrected chi connectivity index (χ1v) is 7.71. The first-order chi connectivity index (χ1) is 8.84. The smallest absolute Gasteiger partial charge is 0.0831 e. The van der Waals surface area contributed by atoms with Crippen LogP contribution >= 0.6 is 0 Å². The average molecular weight is 253 g/mol. The molecule has 0 bridgehead atoms. The summed E-state index contributed by atoms with van der Waals surface area (Å²) >= 11 is 0. The fraction of sp³-hybridized carbons (Fsp3) is 1.00. The van der Waals surface area contributed by atoms with Crippen molar-refractivity contribution < 1.29 is 5.11 Å². The van der Waals surface area contributed by atoms with Gasteiger partial charge in [-0.15, -0.1) is 0 Å². The molecule has 0 amide bonds. The quantitative estimate of drug-likeness (QED) is 0.741. The van der Waals surface area contributed by atoms with E-state index in [1.165, 1.54) is 58.3 Å². The summed E-state index contributed by atoms with van der Waals surface area (Å²) in [5.41, 5.74) is 0. The number of hydrogen-bond donors (Lipinski definition) is 2. The topological polar surface area (TPSA) is 38.7 Å². The lowest BCUT2D eigenvalue weighted by Crippen LogP contribution is -2.52. The average Bonchev–Trinajstić information content (AvgIpc) is 2.86. The Hall–Kier alpha value is -0.160. The second kappa shape index (κ2) is 5.87. The van der Waals surface area contributed by atoms with Crippen molar-refractivity contribution in [2.45, 2.75) is 50.3 Å². The molecular weight excluding hydrogens is 226 g/mol. The predicted octanol–water partition coefficient (Wildman–Crippen LogP) is 0.269. The Bertz CT molecular complexity index is 260. The third-order valence-corrected chi connectivity index (χ3v) is 5.03. The Kier molecular flexibility index (Phi) is 4.19. The fourth-order valence-electron chi connectivity index (χ4n) is 3.89. The molecule has 0 aromatic rings. The van der Waals surface area contributed by atoms with Gasteiger partial charge in [-0.3, -0.25) is 4.90 Å². The Morgan fingerprint density at radius 2 is 1.56 bits per heavy atom. The van der Waals surface area contributed by atoms with E-state index in [0.717, 1.165) is 19.1 Å². The summed E-state index contributed by atoms with van der Waals surface area (Å²) in [6, 6.07) is 1.18. The molecule has 18 heavy (non-hydrogen) atoms. The van der Waals surface area contributed by atoms with Crippen LogP contribution in [0, 0.1) is 0 Å². The predicted molar refractivity (Wildman–Crippen MR) is 72.7 cm³/mol. The molecule has 4 heteroatoms. The first kappa shape index (κ1) is 12.9. The van der Waals surface area contributed by atoms with Gasteiger partial charge in [0.2, 0.25) is 0 Å². The Labute approximate surface area is 110 Å². The van der Waals surface area contributed by atoms with Crippen molar-refractivity contribution in [3.63, 3.8) is 0 Å². The highest BCUT2D eigenvalue weighted by Gasteiger charge is 2.34. The van der Waals surface area contributed by atoms with Crippen LogP contribution in [0.2, 0.25) is 0 Å². The molecule has 2 N–H and O–H groups in total. The molecule has 3 aliphatic heterocycles. The van der Waals surface area contributed by atoms with E-state index in [4.69, 9.17) is 0 Å². The lowest BCUT2D eigenvalue weighted by molar-refractivity contribution is 0.0371. The van der Waals surface area contributed by atoms with Crippen LogP contribution in [0.25, 0.3) is 0 Å². The molecular formula is C14H27N3O. The maximum atomic E-state index is 9.94. The summed E-state index contributed by atoms with van der Waals surface area (Å²) < 4.78 is 0. The zero-order chi connectivity index (χ0) is 12.4. The summed E-state index contributed by atoms with van der Waals surface area (Å²) in [6.45, 7) is 6.72. The van der Waals surface area contributed by atoms with E-state index in [1.807, 2.05) is 0 Å². The third-order valence-electron chi connectivity index (χ3n) is 5.03. The standard InChI is InChI=1S/C14H27N3O/c18-14-11-15-10-13(14)17-8-4-12(5-9-17)16-6-2-1-3-7-16/h12-15,18H,1-11H2. The van der Waals surface area contributed by atoms with Gasteiger partial charge in [0.15, 0.2) is 0 Å². The van der Waals surface area contributed by atoms with Gasteiger partial charge in [0.25, 0.3) is 0 Å². The highest BCUT2D eigenvalue weighted by atomic mass is 16.3. The van der Waals surface area contributed by atoms with Crippen molar-refractivity contribution in [3.8, 4) is 0 Å². The monoisotopic (exact) mass is 253 g/mol. The SMILES string of the molecule is OC1CNCC1N1CCC(N2CCCCC2)CC1. The molecule has 3 aliphatic rings. The van der Waals surface area contributed by atoms with Crippen LogP contribution in [0.4, 0.5) is 0 Å². The van der Waals surface area contributed by atoms with Crippen LogP contribution in [-0.2, 0) is 0 Å². The normalized spacial score (nSPS) is 37.2. The molecule has 3 saturated heterocycles. The molecule has 3 fully saturated rings. The molecule has 2 atom stereocenters. The number of β-amino-alcohol motifs (C(OH)–C–C–N with tert-alkyl or cyclic N) is 1. The minimum absolute atomic E-state index is 0.156. The molecule has 0 aromatic heterocycles. The van der Waals surface area contributed by atoms with Crippen LogP contribution in [0.3, 0.4) is 0 Å². The summed E-state index contributed by atoms with van der Waals surface area (Å²) in [5.74, 6) is 0. The molecule has 0 radical (unpaired) electrons. The van der Waals surface area contributed by atoms with E-state index >= 15 is 0 Å². The zero-order valence-corrected chi connectivity index (χ0v) is 11.4. The van der Waals surface area contributed by atoms with E-state index < -0.39 is 0 Å². The van der Waals surface area contributed by atoms with E-state index in [9.17, 15) is 5.11 Å². The van der Waals surface area contributed by atoms with Crippen molar-refractivity contribution in [2.24, 2.45) is 0 Å². The molecule has 3 rings (SSSR count). The van der Waals surface area contributed by atoms with E-state index in [1.54, 1.807) is 0 Å². The molecule has 0 spiro atoms. The fourth-order valence-corrected chi connectivity index (χ4v) is 3.89. The zero-order valence-electron chi connectivity index (χ0n) is 11.4. The molecule has 0 aromatic carbocycles. The molecule has 4 nitrogen and oxygen atoms in total. The van der Waals surface area contributed by atoms with Gasteiger partial charge in [-0.25, -0.2) is 0 Å². The number of nitrogens with one attached hydrogen (secondary N) is 1. The van der Waals surface area contributed by atoms with Gasteiger partial charge < -0.3 is 15.3 Å². The van der Waals surface area contributed by atoms with Gasteiger partial charge in [-0.1, -0.05) is 6.42 Å². The minimum atomic E-state index is -0.156. The van der Waals surface area contributed by atoms with Crippen molar-refractivity contribution in [1.29, 1.82) is 0 Å². The van der Waals surface area contributed by atoms with Crippen LogP contribution in [0.1, 0.15) is 32.1 Å². The second-order valence-corrected chi connectivity index (χ2v) is 6.16. The minimum Gasteiger partial charge on any atom is -0.390 e. The van der Waals surface area contributed by atoms with Crippen molar-refractivity contribution in [1.82, 2.24) is 15.1 Å². The van der Waals surface area contributed by atoms with Crippen molar-refractivity contribution in [3.05, 3.63) is 0 Å². The third kappa shape index (κ3) is 2.72. The van der Waals surface area contributed by atoms with Gasteiger partial charge in [-0.2, -0.15) is 0 Å². The Morgan fingerprint density at radius 3 is 2.17 bits per heavy atom. The lowest BCUT2D eigenvalue weighted by atomic mass is 9.98. The Morgan fingerprint density at radius 1 is 0.833 bits per heavy atom. The van der Waals surface area contributed by atoms with Gasteiger partial charge >= 0.3 is 0 Å². The first-order valence-electron chi connectivity index (χ1n) is 7.71. The summed E-state index contributed by atoms with van der Waals surface area (Å²) in [4.78, 5) is 5.22. The highest BCUT2D eigenvalue weighted by molar-refractivity contribution is 4.92. The van der Waals surface area contributed by atoms with Gasteiger partial charge in [-0.05, 0) is 38.8 Å². The van der Waals surface area contributed by atoms with Crippen LogP contribution in [0.15, 0.2) is 0 Å². The molecule has 0 saturated carbocycles. The summed E-state index contributed by atoms with van der Waals surface area (Å²) in [5, 5.41) is 13.2. The number of likely N-dealkylation sites (tertiary alicyclic amines) is 2. The van der Waals surface area contributed by atoms with Crippen molar-refractivity contribution >= 4 is 0 Å². The van der Waals surface area contributed by atoms with E-state index in [-0.39, 0.29) is 6.10 Å². The lowest BCUT2D eigenvalue weighted by Gasteiger charge is -2.42. The van der Waals surface area contributed by atoms with Crippen LogP contribution < -0.4 is 5.32 Å². The number of piperidine rings is 2. The summed E-state index contributed by atoms with van der Waals surface area (Å²) in [6.07, 6.45) is 6.65. The number of rotatable bonds is 2. The second-order valence-electron chi connectivity index (χ2n) is 6.16. The highest BCUT2D eigenvalue weighted by Crippen LogP contribution is 2.23. The van der Waals surface area contributed by atoms with E-state index in [0.29, 0.717) is 6.04 Å².